The molecule has 0 saturated heterocycles. The Morgan fingerprint density at radius 1 is 1.10 bits per heavy atom. The van der Waals surface area contributed by atoms with Gasteiger partial charge in [0.25, 0.3) is 5.91 Å². The van der Waals surface area contributed by atoms with E-state index in [0.717, 1.165) is 34.6 Å². The zero-order valence-electron chi connectivity index (χ0n) is 17.3. The lowest BCUT2D eigenvalue weighted by atomic mass is 10.1. The highest BCUT2D eigenvalue weighted by Gasteiger charge is 2.15. The summed E-state index contributed by atoms with van der Waals surface area (Å²) in [6.45, 7) is 8.17. The molecule has 3 rings (SSSR count). The van der Waals surface area contributed by atoms with Crippen LogP contribution in [-0.2, 0) is 11.2 Å². The van der Waals surface area contributed by atoms with Crippen molar-refractivity contribution in [3.63, 3.8) is 0 Å². The Morgan fingerprint density at radius 3 is 2.45 bits per heavy atom. The van der Waals surface area contributed by atoms with Crippen LogP contribution < -0.4 is 5.32 Å². The lowest BCUT2D eigenvalue weighted by Crippen LogP contribution is -2.13. The second-order valence-corrected chi connectivity index (χ2v) is 7.13. The second kappa shape index (κ2) is 8.62. The van der Waals surface area contributed by atoms with Gasteiger partial charge < -0.3 is 9.88 Å². The molecule has 2 aromatic carbocycles. The molecule has 1 heterocycles. The van der Waals surface area contributed by atoms with Gasteiger partial charge >= 0.3 is 0 Å². The van der Waals surface area contributed by atoms with Crippen LogP contribution in [0.25, 0.3) is 11.8 Å². The Labute approximate surface area is 172 Å². The third-order valence-corrected chi connectivity index (χ3v) is 5.06. The van der Waals surface area contributed by atoms with Gasteiger partial charge in [0.05, 0.1) is 0 Å². The topological polar surface area (TPSA) is 57.8 Å². The number of hydrogen-bond acceptors (Lipinski definition) is 2. The van der Waals surface area contributed by atoms with Gasteiger partial charge in [0.1, 0.15) is 11.6 Å². The molecule has 0 radical (unpaired) electrons. The fourth-order valence-electron chi connectivity index (χ4n) is 3.47. The van der Waals surface area contributed by atoms with E-state index >= 15 is 0 Å². The molecular formula is C25H25N3O. The molecule has 3 aromatic rings. The van der Waals surface area contributed by atoms with Crippen molar-refractivity contribution in [1.29, 1.82) is 5.26 Å². The van der Waals surface area contributed by atoms with Gasteiger partial charge in [-0.1, -0.05) is 42.8 Å². The van der Waals surface area contributed by atoms with Gasteiger partial charge in [0, 0.05) is 22.8 Å². The van der Waals surface area contributed by atoms with E-state index in [1.165, 1.54) is 5.56 Å². The smallest absolute Gasteiger partial charge is 0.266 e. The first-order valence-corrected chi connectivity index (χ1v) is 9.71. The van der Waals surface area contributed by atoms with Gasteiger partial charge in [-0.3, -0.25) is 4.79 Å². The van der Waals surface area contributed by atoms with E-state index in [9.17, 15) is 10.1 Å². The molecule has 0 atom stereocenters. The van der Waals surface area contributed by atoms with Crippen molar-refractivity contribution in [3.8, 4) is 11.8 Å². The molecule has 0 aliphatic rings. The van der Waals surface area contributed by atoms with Crippen LogP contribution in [0.15, 0.2) is 60.2 Å². The summed E-state index contributed by atoms with van der Waals surface area (Å²) in [5.74, 6) is -0.407. The molecule has 1 aromatic heterocycles. The van der Waals surface area contributed by atoms with Crippen molar-refractivity contribution >= 4 is 17.7 Å². The van der Waals surface area contributed by atoms with Gasteiger partial charge in [-0.05, 0) is 68.7 Å². The first-order valence-electron chi connectivity index (χ1n) is 9.71. The molecule has 0 spiro atoms. The first-order chi connectivity index (χ1) is 13.9. The van der Waals surface area contributed by atoms with E-state index in [-0.39, 0.29) is 5.57 Å². The van der Waals surface area contributed by atoms with Crippen molar-refractivity contribution in [2.75, 3.05) is 5.32 Å². The Kier molecular flexibility index (Phi) is 5.99. The van der Waals surface area contributed by atoms with Gasteiger partial charge in [0.15, 0.2) is 0 Å². The maximum Gasteiger partial charge on any atom is 0.266 e. The molecule has 0 bridgehead atoms. The summed E-state index contributed by atoms with van der Waals surface area (Å²) < 4.78 is 2.18. The predicted octanol–water partition coefficient (Wildman–Crippen LogP) is 5.51. The number of aromatic nitrogens is 1. The molecule has 1 N–H and O–H groups in total. The Balaban J connectivity index is 1.95. The number of benzene rings is 2. The minimum atomic E-state index is -0.407. The molecule has 0 aliphatic heterocycles. The highest BCUT2D eigenvalue weighted by atomic mass is 16.1. The third-order valence-electron chi connectivity index (χ3n) is 5.06. The van der Waals surface area contributed by atoms with Crippen LogP contribution in [0.3, 0.4) is 0 Å². The second-order valence-electron chi connectivity index (χ2n) is 7.13. The largest absolute Gasteiger partial charge is 0.321 e. The summed E-state index contributed by atoms with van der Waals surface area (Å²) in [6, 6.07) is 19.8. The average molecular weight is 383 g/mol. The number of para-hydroxylation sites is 1. The van der Waals surface area contributed by atoms with Crippen molar-refractivity contribution in [1.82, 2.24) is 4.57 Å². The normalized spacial score (nSPS) is 11.2. The van der Waals surface area contributed by atoms with Crippen LogP contribution >= 0.6 is 0 Å². The van der Waals surface area contributed by atoms with Crippen LogP contribution in [0.2, 0.25) is 0 Å². The lowest BCUT2D eigenvalue weighted by molar-refractivity contribution is -0.112. The maximum atomic E-state index is 12.6. The molecule has 4 heteroatoms. The van der Waals surface area contributed by atoms with Crippen molar-refractivity contribution in [2.24, 2.45) is 0 Å². The van der Waals surface area contributed by atoms with Crippen LogP contribution in [0, 0.1) is 32.1 Å². The van der Waals surface area contributed by atoms with E-state index < -0.39 is 5.91 Å². The summed E-state index contributed by atoms with van der Waals surface area (Å²) in [5, 5.41) is 12.4. The molecule has 0 fully saturated rings. The monoisotopic (exact) mass is 383 g/mol. The standard InChI is InChI=1S/C25H25N3O/c1-5-20-8-6-7-9-24(20)28-18(3)14-21(19(28)4)15-22(16-26)25(29)27-23-12-10-17(2)11-13-23/h6-15H,5H2,1-4H3,(H,27,29)/b22-15+. The summed E-state index contributed by atoms with van der Waals surface area (Å²) in [6.07, 6.45) is 2.59. The number of amides is 1. The SMILES string of the molecule is CCc1ccccc1-n1c(C)cc(/C=C(\C#N)C(=O)Nc2ccc(C)cc2)c1C. The van der Waals surface area contributed by atoms with Crippen LogP contribution in [0.5, 0.6) is 0 Å². The highest BCUT2D eigenvalue weighted by molar-refractivity contribution is 6.09. The Morgan fingerprint density at radius 2 is 1.79 bits per heavy atom. The lowest BCUT2D eigenvalue weighted by Gasteiger charge is -2.14. The van der Waals surface area contributed by atoms with Gasteiger partial charge in [-0.25, -0.2) is 0 Å². The number of carbonyl (C=O) groups is 1. The molecule has 1 amide bonds. The zero-order valence-corrected chi connectivity index (χ0v) is 17.3. The molecule has 4 nitrogen and oxygen atoms in total. The van der Waals surface area contributed by atoms with E-state index in [0.29, 0.717) is 5.69 Å². The van der Waals surface area contributed by atoms with Crippen LogP contribution in [0.4, 0.5) is 5.69 Å². The predicted molar refractivity (Wildman–Crippen MR) is 118 cm³/mol. The zero-order chi connectivity index (χ0) is 21.0. The van der Waals surface area contributed by atoms with Gasteiger partial charge in [0.2, 0.25) is 0 Å². The number of carbonyl (C=O) groups excluding carboxylic acids is 1. The molecular weight excluding hydrogens is 358 g/mol. The summed E-state index contributed by atoms with van der Waals surface area (Å²) in [7, 11) is 0. The summed E-state index contributed by atoms with van der Waals surface area (Å²) in [4.78, 5) is 12.6. The van der Waals surface area contributed by atoms with Crippen LogP contribution in [-0.4, -0.2) is 10.5 Å². The van der Waals surface area contributed by atoms with E-state index in [4.69, 9.17) is 0 Å². The van der Waals surface area contributed by atoms with Crippen molar-refractivity contribution < 1.29 is 4.79 Å². The Hall–Kier alpha value is -3.58. The minimum absolute atomic E-state index is 0.0783. The maximum absolute atomic E-state index is 12.6. The van der Waals surface area contributed by atoms with E-state index in [2.05, 4.69) is 28.9 Å². The summed E-state index contributed by atoms with van der Waals surface area (Å²) in [5.41, 5.74) is 7.17. The fourth-order valence-corrected chi connectivity index (χ4v) is 3.47. The number of anilines is 1. The molecule has 0 unspecified atom stereocenters. The van der Waals surface area contributed by atoms with Gasteiger partial charge in [-0.2, -0.15) is 5.26 Å². The number of aryl methyl sites for hydroxylation is 3. The third kappa shape index (κ3) is 4.30. The highest BCUT2D eigenvalue weighted by Crippen LogP contribution is 2.25. The molecule has 146 valence electrons. The van der Waals surface area contributed by atoms with E-state index in [1.54, 1.807) is 6.08 Å². The first kappa shape index (κ1) is 20.2. The number of nitrogens with one attached hydrogen (secondary N) is 1. The number of hydrogen-bond donors (Lipinski definition) is 1. The van der Waals surface area contributed by atoms with Crippen molar-refractivity contribution in [2.45, 2.75) is 34.1 Å². The fraction of sp³-hybridized carbons (Fsp3) is 0.200. The van der Waals surface area contributed by atoms with E-state index in [1.807, 2.05) is 69.3 Å². The number of nitrogens with zero attached hydrogens (tertiary/aromatic N) is 2. The minimum Gasteiger partial charge on any atom is -0.321 e. The molecule has 29 heavy (non-hydrogen) atoms. The number of rotatable bonds is 5. The Bertz CT molecular complexity index is 1110. The number of nitriles is 1. The molecule has 0 saturated carbocycles. The molecule has 0 aliphatic carbocycles. The average Bonchev–Trinajstić information content (AvgIpc) is 3.00. The summed E-state index contributed by atoms with van der Waals surface area (Å²) >= 11 is 0. The quantitative estimate of drug-likeness (QED) is 0.466. The van der Waals surface area contributed by atoms with Gasteiger partial charge in [-0.15, -0.1) is 0 Å². The van der Waals surface area contributed by atoms with Crippen molar-refractivity contribution in [3.05, 3.63) is 88.2 Å². The van der Waals surface area contributed by atoms with Crippen LogP contribution in [0.1, 0.15) is 35.0 Å².